The zero-order valence-corrected chi connectivity index (χ0v) is 15.7. The van der Waals surface area contributed by atoms with Crippen LogP contribution in [0.3, 0.4) is 0 Å². The minimum atomic E-state index is -0.421. The van der Waals surface area contributed by atoms with E-state index in [2.05, 4.69) is 10.6 Å². The second-order valence-electron chi connectivity index (χ2n) is 6.74. The van der Waals surface area contributed by atoms with E-state index in [0.717, 1.165) is 0 Å². The predicted octanol–water partition coefficient (Wildman–Crippen LogP) is 3.48. The smallest absolute Gasteiger partial charge is 0.263 e. The van der Waals surface area contributed by atoms with Crippen molar-refractivity contribution in [2.45, 2.75) is 26.3 Å². The van der Waals surface area contributed by atoms with Crippen molar-refractivity contribution in [1.82, 2.24) is 5.32 Å². The number of amides is 2. The minimum Gasteiger partial charge on any atom is -0.496 e. The third-order valence-corrected chi connectivity index (χ3v) is 3.56. The van der Waals surface area contributed by atoms with Gasteiger partial charge in [-0.2, -0.15) is 0 Å². The van der Waals surface area contributed by atoms with E-state index in [1.807, 2.05) is 20.8 Å². The second-order valence-corrected chi connectivity index (χ2v) is 6.74. The highest BCUT2D eigenvalue weighted by molar-refractivity contribution is 6.11. The molecule has 0 spiro atoms. The molecule has 2 aromatic rings. The Morgan fingerprint density at radius 3 is 1.96 bits per heavy atom. The maximum Gasteiger partial charge on any atom is 0.263 e. The first-order chi connectivity index (χ1) is 12.3. The largest absolute Gasteiger partial charge is 0.496 e. The molecule has 0 aliphatic rings. The zero-order valence-electron chi connectivity index (χ0n) is 15.7. The van der Waals surface area contributed by atoms with Crippen LogP contribution in [0, 0.1) is 0 Å². The average Bonchev–Trinajstić information content (AvgIpc) is 2.59. The van der Waals surface area contributed by atoms with E-state index < -0.39 is 5.91 Å². The molecule has 0 aliphatic heterocycles. The van der Waals surface area contributed by atoms with Crippen molar-refractivity contribution in [2.75, 3.05) is 19.5 Å². The molecular weight excluding hydrogens is 332 g/mol. The third-order valence-electron chi connectivity index (χ3n) is 3.56. The van der Waals surface area contributed by atoms with Crippen LogP contribution in [0.5, 0.6) is 11.5 Å². The van der Waals surface area contributed by atoms with Crippen molar-refractivity contribution in [3.63, 3.8) is 0 Å². The Morgan fingerprint density at radius 2 is 1.42 bits per heavy atom. The number of nitrogens with one attached hydrogen (secondary N) is 2. The van der Waals surface area contributed by atoms with Gasteiger partial charge in [-0.1, -0.05) is 18.2 Å². The van der Waals surface area contributed by atoms with Gasteiger partial charge in [0.1, 0.15) is 17.1 Å². The van der Waals surface area contributed by atoms with Gasteiger partial charge < -0.3 is 20.1 Å². The molecule has 0 saturated carbocycles. The van der Waals surface area contributed by atoms with Gasteiger partial charge >= 0.3 is 0 Å². The molecule has 2 amide bonds. The summed E-state index contributed by atoms with van der Waals surface area (Å²) in [5, 5.41) is 5.68. The summed E-state index contributed by atoms with van der Waals surface area (Å²) in [5.74, 6) is 0.0904. The standard InChI is InChI=1S/C20H24N2O4/c1-20(2,3)22-18(23)13-9-6-7-10-14(13)21-19(24)17-15(25-4)11-8-12-16(17)26-5/h6-12H,1-5H3,(H,21,24)(H,22,23). The molecule has 6 heteroatoms. The first kappa shape index (κ1) is 19.3. The Hall–Kier alpha value is -3.02. The van der Waals surface area contributed by atoms with Gasteiger partial charge in [-0.05, 0) is 45.0 Å². The van der Waals surface area contributed by atoms with Gasteiger partial charge in [0.15, 0.2) is 0 Å². The maximum absolute atomic E-state index is 12.8. The van der Waals surface area contributed by atoms with Crippen LogP contribution in [-0.2, 0) is 0 Å². The van der Waals surface area contributed by atoms with Crippen molar-refractivity contribution in [3.05, 3.63) is 53.6 Å². The van der Waals surface area contributed by atoms with Crippen molar-refractivity contribution < 1.29 is 19.1 Å². The van der Waals surface area contributed by atoms with Crippen molar-refractivity contribution in [2.24, 2.45) is 0 Å². The molecule has 0 heterocycles. The summed E-state index contributed by atoms with van der Waals surface area (Å²) in [6.45, 7) is 5.68. The van der Waals surface area contributed by atoms with Crippen LogP contribution < -0.4 is 20.1 Å². The Balaban J connectivity index is 2.36. The van der Waals surface area contributed by atoms with Gasteiger partial charge in [0.2, 0.25) is 0 Å². The Labute approximate surface area is 153 Å². The number of benzene rings is 2. The van der Waals surface area contributed by atoms with Crippen LogP contribution in [-0.4, -0.2) is 31.6 Å². The molecular formula is C20H24N2O4. The van der Waals surface area contributed by atoms with Crippen LogP contribution in [0.1, 0.15) is 41.5 Å². The van der Waals surface area contributed by atoms with E-state index in [0.29, 0.717) is 22.7 Å². The molecule has 26 heavy (non-hydrogen) atoms. The Morgan fingerprint density at radius 1 is 0.846 bits per heavy atom. The lowest BCUT2D eigenvalue weighted by Crippen LogP contribution is -2.40. The summed E-state index contributed by atoms with van der Waals surface area (Å²) in [4.78, 5) is 25.4. The normalized spacial score (nSPS) is 10.8. The lowest BCUT2D eigenvalue weighted by atomic mass is 10.1. The molecule has 138 valence electrons. The van der Waals surface area contributed by atoms with E-state index in [-0.39, 0.29) is 17.0 Å². The molecule has 2 rings (SSSR count). The van der Waals surface area contributed by atoms with Crippen LogP contribution in [0.2, 0.25) is 0 Å². The molecule has 0 aliphatic carbocycles. The highest BCUT2D eigenvalue weighted by Crippen LogP contribution is 2.29. The summed E-state index contributed by atoms with van der Waals surface area (Å²) >= 11 is 0. The molecule has 0 fully saturated rings. The van der Waals surface area contributed by atoms with Crippen LogP contribution in [0.15, 0.2) is 42.5 Å². The second kappa shape index (κ2) is 7.91. The van der Waals surface area contributed by atoms with Gasteiger partial charge in [0.25, 0.3) is 11.8 Å². The molecule has 0 bridgehead atoms. The number of hydrogen-bond acceptors (Lipinski definition) is 4. The van der Waals surface area contributed by atoms with Gasteiger partial charge in [-0.15, -0.1) is 0 Å². The summed E-state index contributed by atoms with van der Waals surface area (Å²) in [7, 11) is 2.96. The quantitative estimate of drug-likeness (QED) is 0.860. The SMILES string of the molecule is COc1cccc(OC)c1C(=O)Nc1ccccc1C(=O)NC(C)(C)C. The summed E-state index contributed by atoms with van der Waals surface area (Å²) < 4.78 is 10.5. The Bertz CT molecular complexity index is 787. The maximum atomic E-state index is 12.8. The van der Waals surface area contributed by atoms with E-state index in [1.54, 1.807) is 42.5 Å². The number of hydrogen-bond donors (Lipinski definition) is 2. The number of anilines is 1. The first-order valence-corrected chi connectivity index (χ1v) is 8.20. The predicted molar refractivity (Wildman–Crippen MR) is 101 cm³/mol. The number of methoxy groups -OCH3 is 2. The van der Waals surface area contributed by atoms with E-state index in [1.165, 1.54) is 14.2 Å². The molecule has 0 radical (unpaired) electrons. The molecule has 0 atom stereocenters. The molecule has 0 saturated heterocycles. The van der Waals surface area contributed by atoms with Gasteiger partial charge in [-0.3, -0.25) is 9.59 Å². The van der Waals surface area contributed by atoms with E-state index >= 15 is 0 Å². The Kier molecular flexibility index (Phi) is 5.87. The third kappa shape index (κ3) is 4.53. The van der Waals surface area contributed by atoms with Crippen molar-refractivity contribution >= 4 is 17.5 Å². The molecule has 2 aromatic carbocycles. The fraction of sp³-hybridized carbons (Fsp3) is 0.300. The highest BCUT2D eigenvalue weighted by atomic mass is 16.5. The molecule has 2 N–H and O–H groups in total. The average molecular weight is 356 g/mol. The van der Waals surface area contributed by atoms with Gasteiger partial charge in [0.05, 0.1) is 25.5 Å². The van der Waals surface area contributed by atoms with Crippen LogP contribution >= 0.6 is 0 Å². The molecule has 0 unspecified atom stereocenters. The molecule has 0 aromatic heterocycles. The lowest BCUT2D eigenvalue weighted by Gasteiger charge is -2.21. The van der Waals surface area contributed by atoms with Gasteiger partial charge in [0, 0.05) is 5.54 Å². The molecule has 6 nitrogen and oxygen atoms in total. The van der Waals surface area contributed by atoms with E-state index in [4.69, 9.17) is 9.47 Å². The van der Waals surface area contributed by atoms with Crippen molar-refractivity contribution in [1.29, 1.82) is 0 Å². The topological polar surface area (TPSA) is 76.7 Å². The fourth-order valence-electron chi connectivity index (χ4n) is 2.46. The number of rotatable bonds is 5. The summed E-state index contributed by atoms with van der Waals surface area (Å²) in [6.07, 6.45) is 0. The van der Waals surface area contributed by atoms with E-state index in [9.17, 15) is 9.59 Å². The fourth-order valence-corrected chi connectivity index (χ4v) is 2.46. The van der Waals surface area contributed by atoms with Crippen LogP contribution in [0.25, 0.3) is 0 Å². The zero-order chi connectivity index (χ0) is 19.3. The van der Waals surface area contributed by atoms with Gasteiger partial charge in [-0.25, -0.2) is 0 Å². The van der Waals surface area contributed by atoms with Crippen molar-refractivity contribution in [3.8, 4) is 11.5 Å². The number of carbonyl (C=O) groups excluding carboxylic acids is 2. The number of para-hydroxylation sites is 1. The number of ether oxygens (including phenoxy) is 2. The highest BCUT2D eigenvalue weighted by Gasteiger charge is 2.22. The number of carbonyl (C=O) groups is 2. The van der Waals surface area contributed by atoms with Crippen LogP contribution in [0.4, 0.5) is 5.69 Å². The lowest BCUT2D eigenvalue weighted by molar-refractivity contribution is 0.0920. The summed E-state index contributed by atoms with van der Waals surface area (Å²) in [5.41, 5.74) is 0.667. The summed E-state index contributed by atoms with van der Waals surface area (Å²) in [6, 6.07) is 11.9. The first-order valence-electron chi connectivity index (χ1n) is 8.20. The minimum absolute atomic E-state index is 0.264. The monoisotopic (exact) mass is 356 g/mol.